The third-order valence-electron chi connectivity index (χ3n) is 2.74. The van der Waals surface area contributed by atoms with Crippen LogP contribution in [0.2, 0.25) is 0 Å². The number of aromatic nitrogens is 1. The van der Waals surface area contributed by atoms with Crippen molar-refractivity contribution in [3.05, 3.63) is 34.2 Å². The Morgan fingerprint density at radius 1 is 1.39 bits per heavy atom. The zero-order valence-electron chi connectivity index (χ0n) is 11.0. The predicted octanol–water partition coefficient (Wildman–Crippen LogP) is 0.837. The van der Waals surface area contributed by atoms with Gasteiger partial charge in [0.2, 0.25) is 5.56 Å². The van der Waals surface area contributed by atoms with Crippen LogP contribution in [-0.4, -0.2) is 42.0 Å². The molecule has 1 amide bonds. The first-order valence-corrected chi connectivity index (χ1v) is 6.36. The van der Waals surface area contributed by atoms with Gasteiger partial charge in [-0.1, -0.05) is 13.8 Å². The van der Waals surface area contributed by atoms with Crippen molar-refractivity contribution in [3.8, 4) is 0 Å². The predicted molar refractivity (Wildman–Crippen MR) is 71.8 cm³/mol. The summed E-state index contributed by atoms with van der Waals surface area (Å²) in [6.45, 7) is 7.69. The summed E-state index contributed by atoms with van der Waals surface area (Å²) >= 11 is 0. The molecule has 0 aliphatic heterocycles. The molecule has 5 heteroatoms. The third kappa shape index (κ3) is 4.71. The van der Waals surface area contributed by atoms with Gasteiger partial charge >= 0.3 is 0 Å². The SMILES string of the molecule is CCCN(CC)CCNC(=O)c1cc[nH]c(=O)c1. The van der Waals surface area contributed by atoms with Crippen LogP contribution in [0.25, 0.3) is 0 Å². The molecule has 0 saturated carbocycles. The highest BCUT2D eigenvalue weighted by atomic mass is 16.2. The summed E-state index contributed by atoms with van der Waals surface area (Å²) in [6.07, 6.45) is 2.59. The van der Waals surface area contributed by atoms with Crippen LogP contribution < -0.4 is 10.9 Å². The van der Waals surface area contributed by atoms with Crippen molar-refractivity contribution in [2.75, 3.05) is 26.2 Å². The van der Waals surface area contributed by atoms with E-state index in [1.807, 2.05) is 0 Å². The van der Waals surface area contributed by atoms with E-state index in [4.69, 9.17) is 0 Å². The molecular weight excluding hydrogens is 230 g/mol. The fraction of sp³-hybridized carbons (Fsp3) is 0.538. The van der Waals surface area contributed by atoms with Gasteiger partial charge in [0.15, 0.2) is 0 Å². The Balaban J connectivity index is 2.39. The minimum Gasteiger partial charge on any atom is -0.351 e. The van der Waals surface area contributed by atoms with E-state index in [9.17, 15) is 9.59 Å². The maximum atomic E-state index is 11.7. The number of hydrogen-bond donors (Lipinski definition) is 2. The topological polar surface area (TPSA) is 65.2 Å². The zero-order chi connectivity index (χ0) is 13.4. The van der Waals surface area contributed by atoms with Crippen LogP contribution in [0, 0.1) is 0 Å². The van der Waals surface area contributed by atoms with Crippen LogP contribution in [0.3, 0.4) is 0 Å². The molecule has 0 spiro atoms. The highest BCUT2D eigenvalue weighted by Crippen LogP contribution is 1.93. The van der Waals surface area contributed by atoms with E-state index in [0.717, 1.165) is 26.1 Å². The van der Waals surface area contributed by atoms with E-state index >= 15 is 0 Å². The number of pyridine rings is 1. The third-order valence-corrected chi connectivity index (χ3v) is 2.74. The summed E-state index contributed by atoms with van der Waals surface area (Å²) in [6, 6.07) is 2.90. The number of rotatable bonds is 7. The Bertz CT molecular complexity index is 428. The Kier molecular flexibility index (Phi) is 6.14. The van der Waals surface area contributed by atoms with Gasteiger partial charge in [0.25, 0.3) is 5.91 Å². The largest absolute Gasteiger partial charge is 0.351 e. The molecule has 1 rings (SSSR count). The highest BCUT2D eigenvalue weighted by molar-refractivity contribution is 5.93. The summed E-state index contributed by atoms with van der Waals surface area (Å²) in [5, 5.41) is 2.82. The quantitative estimate of drug-likeness (QED) is 0.754. The van der Waals surface area contributed by atoms with Gasteiger partial charge in [-0.3, -0.25) is 9.59 Å². The maximum absolute atomic E-state index is 11.7. The molecule has 1 aromatic heterocycles. The monoisotopic (exact) mass is 251 g/mol. The summed E-state index contributed by atoms with van der Waals surface area (Å²) < 4.78 is 0. The van der Waals surface area contributed by atoms with Crippen molar-refractivity contribution in [3.63, 3.8) is 0 Å². The standard InChI is InChI=1S/C13H21N3O2/c1-3-8-16(4-2)9-7-15-13(18)11-5-6-14-12(17)10-11/h5-6,10H,3-4,7-9H2,1-2H3,(H,14,17)(H,15,18). The van der Waals surface area contributed by atoms with Gasteiger partial charge in [0.1, 0.15) is 0 Å². The van der Waals surface area contributed by atoms with Gasteiger partial charge < -0.3 is 15.2 Å². The summed E-state index contributed by atoms with van der Waals surface area (Å²) in [7, 11) is 0. The Labute approximate surface area is 107 Å². The van der Waals surface area contributed by atoms with Gasteiger partial charge in [-0.25, -0.2) is 0 Å². The van der Waals surface area contributed by atoms with Crippen molar-refractivity contribution in [2.24, 2.45) is 0 Å². The van der Waals surface area contributed by atoms with E-state index in [2.05, 4.69) is 29.0 Å². The van der Waals surface area contributed by atoms with Gasteiger partial charge in [-0.15, -0.1) is 0 Å². The van der Waals surface area contributed by atoms with Gasteiger partial charge in [0.05, 0.1) is 0 Å². The normalized spacial score (nSPS) is 10.6. The minimum atomic E-state index is -0.260. The van der Waals surface area contributed by atoms with E-state index < -0.39 is 0 Å². The van der Waals surface area contributed by atoms with E-state index in [0.29, 0.717) is 12.1 Å². The lowest BCUT2D eigenvalue weighted by molar-refractivity contribution is 0.0948. The van der Waals surface area contributed by atoms with Gasteiger partial charge in [0, 0.05) is 30.9 Å². The zero-order valence-corrected chi connectivity index (χ0v) is 11.0. The van der Waals surface area contributed by atoms with Crippen LogP contribution in [0.4, 0.5) is 0 Å². The number of carbonyl (C=O) groups excluding carboxylic acids is 1. The lowest BCUT2D eigenvalue weighted by Gasteiger charge is -2.19. The van der Waals surface area contributed by atoms with Crippen molar-refractivity contribution >= 4 is 5.91 Å². The minimum absolute atomic E-state index is 0.200. The van der Waals surface area contributed by atoms with Gasteiger partial charge in [-0.2, -0.15) is 0 Å². The average Bonchev–Trinajstić information content (AvgIpc) is 2.37. The molecule has 5 nitrogen and oxygen atoms in total. The molecule has 0 aliphatic rings. The number of H-pyrrole nitrogens is 1. The molecule has 0 radical (unpaired) electrons. The number of carbonyl (C=O) groups is 1. The molecule has 0 atom stereocenters. The molecule has 2 N–H and O–H groups in total. The van der Waals surface area contributed by atoms with Crippen LogP contribution in [-0.2, 0) is 0 Å². The van der Waals surface area contributed by atoms with Crippen molar-refractivity contribution in [1.29, 1.82) is 0 Å². The van der Waals surface area contributed by atoms with Crippen LogP contribution in [0.1, 0.15) is 30.6 Å². The lowest BCUT2D eigenvalue weighted by atomic mass is 10.2. The molecule has 0 aromatic carbocycles. The molecule has 1 heterocycles. The first kappa shape index (κ1) is 14.4. The average molecular weight is 251 g/mol. The van der Waals surface area contributed by atoms with Crippen molar-refractivity contribution < 1.29 is 4.79 Å². The summed E-state index contributed by atoms with van der Waals surface area (Å²) in [4.78, 5) is 27.6. The first-order chi connectivity index (χ1) is 8.67. The number of likely N-dealkylation sites (N-methyl/N-ethyl adjacent to an activating group) is 1. The molecule has 18 heavy (non-hydrogen) atoms. The fourth-order valence-electron chi connectivity index (χ4n) is 1.76. The smallest absolute Gasteiger partial charge is 0.251 e. The maximum Gasteiger partial charge on any atom is 0.251 e. The number of nitrogens with zero attached hydrogens (tertiary/aromatic N) is 1. The fourth-order valence-corrected chi connectivity index (χ4v) is 1.76. The van der Waals surface area contributed by atoms with Crippen LogP contribution >= 0.6 is 0 Å². The second kappa shape index (κ2) is 7.66. The first-order valence-electron chi connectivity index (χ1n) is 6.36. The second-order valence-electron chi connectivity index (χ2n) is 4.13. The molecule has 1 aromatic rings. The number of nitrogens with one attached hydrogen (secondary N) is 2. The molecular formula is C13H21N3O2. The second-order valence-corrected chi connectivity index (χ2v) is 4.13. The van der Waals surface area contributed by atoms with E-state index in [-0.39, 0.29) is 11.5 Å². The Morgan fingerprint density at radius 2 is 2.17 bits per heavy atom. The van der Waals surface area contributed by atoms with Crippen molar-refractivity contribution in [2.45, 2.75) is 20.3 Å². The van der Waals surface area contributed by atoms with E-state index in [1.54, 1.807) is 6.07 Å². The number of amides is 1. The van der Waals surface area contributed by atoms with E-state index in [1.165, 1.54) is 12.3 Å². The van der Waals surface area contributed by atoms with Crippen molar-refractivity contribution in [1.82, 2.24) is 15.2 Å². The van der Waals surface area contributed by atoms with Crippen LogP contribution in [0.15, 0.2) is 23.1 Å². The Morgan fingerprint density at radius 3 is 2.78 bits per heavy atom. The van der Waals surface area contributed by atoms with Crippen LogP contribution in [0.5, 0.6) is 0 Å². The van der Waals surface area contributed by atoms with Gasteiger partial charge in [-0.05, 0) is 25.6 Å². The number of aromatic amines is 1. The lowest BCUT2D eigenvalue weighted by Crippen LogP contribution is -2.35. The molecule has 0 unspecified atom stereocenters. The molecule has 100 valence electrons. The molecule has 0 saturated heterocycles. The summed E-state index contributed by atoms with van der Waals surface area (Å²) in [5.41, 5.74) is 0.140. The molecule has 0 bridgehead atoms. The highest BCUT2D eigenvalue weighted by Gasteiger charge is 2.06. The molecule has 0 aliphatic carbocycles. The number of hydrogen-bond acceptors (Lipinski definition) is 3. The Hall–Kier alpha value is -1.62. The molecule has 0 fully saturated rings. The summed E-state index contributed by atoms with van der Waals surface area (Å²) in [5.74, 6) is -0.200.